The summed E-state index contributed by atoms with van der Waals surface area (Å²) in [4.78, 5) is 16.7. The maximum Gasteiger partial charge on any atom is 0.257 e. The molecule has 0 spiro atoms. The number of aliphatic hydroxyl groups excluding tert-OH is 1. The van der Waals surface area contributed by atoms with Crippen LogP contribution in [0.15, 0.2) is 30.5 Å². The number of halogens is 1. The Morgan fingerprint density at radius 2 is 2.11 bits per heavy atom. The van der Waals surface area contributed by atoms with Crippen molar-refractivity contribution in [3.63, 3.8) is 0 Å². The average molecular weight is 373 g/mol. The number of aliphatic hydroxyl groups is 1. The van der Waals surface area contributed by atoms with E-state index in [0.717, 1.165) is 0 Å². The van der Waals surface area contributed by atoms with E-state index in [1.165, 1.54) is 22.7 Å². The number of nitrogens with zero attached hydrogens (tertiary/aromatic N) is 3. The van der Waals surface area contributed by atoms with Gasteiger partial charge in [0.1, 0.15) is 22.9 Å². The van der Waals surface area contributed by atoms with Gasteiger partial charge in [-0.15, -0.1) is 0 Å². The summed E-state index contributed by atoms with van der Waals surface area (Å²) < 4.78 is 14.8. The molecule has 0 saturated heterocycles. The van der Waals surface area contributed by atoms with Gasteiger partial charge >= 0.3 is 0 Å². The number of rotatable bonds is 7. The molecule has 0 radical (unpaired) electrons. The van der Waals surface area contributed by atoms with E-state index in [-0.39, 0.29) is 24.8 Å². The quantitative estimate of drug-likeness (QED) is 0.496. The van der Waals surface area contributed by atoms with Crippen LogP contribution in [-0.2, 0) is 6.42 Å². The number of aromatic hydroxyl groups is 1. The van der Waals surface area contributed by atoms with Crippen LogP contribution in [0, 0.1) is 12.7 Å². The maximum absolute atomic E-state index is 13.3. The predicted octanol–water partition coefficient (Wildman–Crippen LogP) is 1.26. The fourth-order valence-electron chi connectivity index (χ4n) is 2.74. The number of phenols is 1. The van der Waals surface area contributed by atoms with E-state index >= 15 is 0 Å². The highest BCUT2D eigenvalue weighted by Crippen LogP contribution is 2.19. The minimum Gasteiger partial charge on any atom is -0.508 e. The number of fused-ring (bicyclic) bond motifs is 1. The first-order chi connectivity index (χ1) is 13.0. The molecule has 0 bridgehead atoms. The second kappa shape index (κ2) is 8.00. The van der Waals surface area contributed by atoms with E-state index in [1.54, 1.807) is 19.2 Å². The molecule has 2 aromatic heterocycles. The SMILES string of the molecule is Cc1nn2ccc(NCCc3cc(F)ccc3O)nc2c1C(=O)NCCO. The van der Waals surface area contributed by atoms with Gasteiger partial charge in [0.2, 0.25) is 0 Å². The van der Waals surface area contributed by atoms with E-state index in [1.807, 2.05) is 0 Å². The highest BCUT2D eigenvalue weighted by Gasteiger charge is 2.18. The second-order valence-corrected chi connectivity index (χ2v) is 5.97. The fraction of sp³-hybridized carbons (Fsp3) is 0.278. The molecule has 2 heterocycles. The summed E-state index contributed by atoms with van der Waals surface area (Å²) >= 11 is 0. The smallest absolute Gasteiger partial charge is 0.257 e. The van der Waals surface area contributed by atoms with Crippen LogP contribution in [0.2, 0.25) is 0 Å². The van der Waals surface area contributed by atoms with Gasteiger partial charge in [0, 0.05) is 19.3 Å². The lowest BCUT2D eigenvalue weighted by Gasteiger charge is -2.08. The van der Waals surface area contributed by atoms with Gasteiger partial charge in [-0.2, -0.15) is 5.10 Å². The molecule has 3 aromatic rings. The van der Waals surface area contributed by atoms with E-state index in [0.29, 0.717) is 41.3 Å². The van der Waals surface area contributed by atoms with Crippen molar-refractivity contribution in [1.29, 1.82) is 0 Å². The Hall–Kier alpha value is -3.20. The number of anilines is 1. The van der Waals surface area contributed by atoms with Gasteiger partial charge in [0.15, 0.2) is 5.65 Å². The van der Waals surface area contributed by atoms with E-state index in [4.69, 9.17) is 5.11 Å². The molecule has 142 valence electrons. The van der Waals surface area contributed by atoms with Crippen molar-refractivity contribution in [2.45, 2.75) is 13.3 Å². The Balaban J connectivity index is 1.75. The first-order valence-electron chi connectivity index (χ1n) is 8.46. The Bertz CT molecular complexity index is 973. The Morgan fingerprint density at radius 3 is 2.89 bits per heavy atom. The largest absolute Gasteiger partial charge is 0.508 e. The van der Waals surface area contributed by atoms with Crippen molar-refractivity contribution in [2.75, 3.05) is 25.0 Å². The molecule has 3 rings (SSSR count). The van der Waals surface area contributed by atoms with Crippen molar-refractivity contribution >= 4 is 17.4 Å². The first kappa shape index (κ1) is 18.6. The summed E-state index contributed by atoms with van der Waals surface area (Å²) in [5.74, 6) is -0.202. The zero-order chi connectivity index (χ0) is 19.4. The summed E-state index contributed by atoms with van der Waals surface area (Å²) in [6.45, 7) is 2.11. The molecule has 0 fully saturated rings. The molecular formula is C18H20FN5O3. The van der Waals surface area contributed by atoms with Gasteiger partial charge in [-0.25, -0.2) is 13.9 Å². The van der Waals surface area contributed by atoms with Gasteiger partial charge < -0.3 is 20.8 Å². The van der Waals surface area contributed by atoms with Crippen LogP contribution >= 0.6 is 0 Å². The number of hydrogen-bond donors (Lipinski definition) is 4. The van der Waals surface area contributed by atoms with Crippen molar-refractivity contribution in [1.82, 2.24) is 19.9 Å². The van der Waals surface area contributed by atoms with Gasteiger partial charge in [-0.3, -0.25) is 4.79 Å². The first-order valence-corrected chi connectivity index (χ1v) is 8.46. The lowest BCUT2D eigenvalue weighted by molar-refractivity contribution is 0.0945. The molecule has 0 aliphatic heterocycles. The molecule has 1 aromatic carbocycles. The highest BCUT2D eigenvalue weighted by molar-refractivity contribution is 6.01. The summed E-state index contributed by atoms with van der Waals surface area (Å²) in [6.07, 6.45) is 2.08. The molecule has 0 aliphatic carbocycles. The minimum atomic E-state index is -0.407. The third-order valence-corrected chi connectivity index (χ3v) is 4.03. The number of hydrogen-bond acceptors (Lipinski definition) is 6. The van der Waals surface area contributed by atoms with Crippen molar-refractivity contribution in [3.05, 3.63) is 53.1 Å². The summed E-state index contributed by atoms with van der Waals surface area (Å²) in [7, 11) is 0. The molecule has 0 saturated carbocycles. The van der Waals surface area contributed by atoms with Crippen molar-refractivity contribution in [3.8, 4) is 5.75 Å². The van der Waals surface area contributed by atoms with Gasteiger partial charge in [-0.05, 0) is 43.2 Å². The molecule has 27 heavy (non-hydrogen) atoms. The number of carbonyl (C=O) groups is 1. The van der Waals surface area contributed by atoms with E-state index < -0.39 is 5.82 Å². The van der Waals surface area contributed by atoms with Crippen LogP contribution in [0.25, 0.3) is 5.65 Å². The molecule has 8 nitrogen and oxygen atoms in total. The number of carbonyl (C=O) groups excluding carboxylic acids is 1. The Morgan fingerprint density at radius 1 is 1.30 bits per heavy atom. The van der Waals surface area contributed by atoms with Gasteiger partial charge in [0.05, 0.1) is 12.3 Å². The van der Waals surface area contributed by atoms with E-state index in [2.05, 4.69) is 20.7 Å². The van der Waals surface area contributed by atoms with Gasteiger partial charge in [-0.1, -0.05) is 0 Å². The number of benzene rings is 1. The average Bonchev–Trinajstić information content (AvgIpc) is 2.97. The number of amides is 1. The second-order valence-electron chi connectivity index (χ2n) is 5.97. The van der Waals surface area contributed by atoms with Crippen LogP contribution in [-0.4, -0.2) is 50.4 Å². The standard InChI is InChI=1S/C18H20FN5O3/c1-11-16(18(27)21-7-9-25)17-22-15(5-8-24(17)23-11)20-6-4-12-10-13(19)2-3-14(12)26/h2-3,5,8,10,25-26H,4,6-7,9H2,1H3,(H,20,22)(H,21,27). The summed E-state index contributed by atoms with van der Waals surface area (Å²) in [5, 5.41) is 28.6. The predicted molar refractivity (Wildman–Crippen MR) is 97.4 cm³/mol. The fourth-order valence-corrected chi connectivity index (χ4v) is 2.74. The zero-order valence-corrected chi connectivity index (χ0v) is 14.7. The molecule has 0 aliphatic rings. The van der Waals surface area contributed by atoms with E-state index in [9.17, 15) is 14.3 Å². The molecule has 9 heteroatoms. The van der Waals surface area contributed by atoms with Crippen LogP contribution in [0.5, 0.6) is 5.75 Å². The normalized spacial score (nSPS) is 10.9. The topological polar surface area (TPSA) is 112 Å². The minimum absolute atomic E-state index is 0.0378. The van der Waals surface area contributed by atoms with Crippen molar-refractivity contribution in [2.24, 2.45) is 0 Å². The molecule has 0 unspecified atom stereocenters. The summed E-state index contributed by atoms with van der Waals surface area (Å²) in [6, 6.07) is 5.52. The monoisotopic (exact) mass is 373 g/mol. The van der Waals surface area contributed by atoms with Crippen LogP contribution in [0.1, 0.15) is 21.6 Å². The lowest BCUT2D eigenvalue weighted by atomic mass is 10.1. The summed E-state index contributed by atoms with van der Waals surface area (Å²) in [5.41, 5.74) is 1.75. The number of nitrogens with one attached hydrogen (secondary N) is 2. The maximum atomic E-state index is 13.3. The van der Waals surface area contributed by atoms with Crippen molar-refractivity contribution < 1.29 is 19.4 Å². The number of phenolic OH excluding ortho intramolecular Hbond substituents is 1. The highest BCUT2D eigenvalue weighted by atomic mass is 19.1. The third kappa shape index (κ3) is 4.14. The molecule has 4 N–H and O–H groups in total. The van der Waals surface area contributed by atoms with Gasteiger partial charge in [0.25, 0.3) is 5.91 Å². The van der Waals surface area contributed by atoms with Crippen LogP contribution in [0.3, 0.4) is 0 Å². The zero-order valence-electron chi connectivity index (χ0n) is 14.7. The molecular weight excluding hydrogens is 353 g/mol. The molecule has 0 atom stereocenters. The molecule has 1 amide bonds. The van der Waals surface area contributed by atoms with Crippen LogP contribution in [0.4, 0.5) is 10.2 Å². The number of aryl methyl sites for hydroxylation is 1. The Labute approximate surface area is 154 Å². The number of aromatic nitrogens is 3. The lowest BCUT2D eigenvalue weighted by Crippen LogP contribution is -2.27. The third-order valence-electron chi connectivity index (χ3n) is 4.03. The van der Waals surface area contributed by atoms with Crippen LogP contribution < -0.4 is 10.6 Å². The Kier molecular flexibility index (Phi) is 5.51.